The van der Waals surface area contributed by atoms with Gasteiger partial charge in [0.05, 0.1) is 43.4 Å². The molecule has 32 heavy (non-hydrogen) atoms. The van der Waals surface area contributed by atoms with Gasteiger partial charge in [0.25, 0.3) is 0 Å². The maximum atomic E-state index is 5.47. The van der Waals surface area contributed by atoms with Gasteiger partial charge in [-0.2, -0.15) is 0 Å². The summed E-state index contributed by atoms with van der Waals surface area (Å²) in [4.78, 5) is 17.3. The number of imidazole rings is 1. The van der Waals surface area contributed by atoms with E-state index in [1.165, 1.54) is 11.1 Å². The second kappa shape index (κ2) is 9.68. The van der Waals surface area contributed by atoms with E-state index in [0.29, 0.717) is 0 Å². The summed E-state index contributed by atoms with van der Waals surface area (Å²) in [6.45, 7) is 5.91. The third-order valence-electron chi connectivity index (χ3n) is 5.67. The summed E-state index contributed by atoms with van der Waals surface area (Å²) < 4.78 is 10.9. The minimum atomic E-state index is 0.753. The predicted octanol–water partition coefficient (Wildman–Crippen LogP) is 4.07. The number of aromatic nitrogens is 3. The van der Waals surface area contributed by atoms with Crippen molar-refractivity contribution in [3.63, 3.8) is 0 Å². The molecule has 0 aliphatic carbocycles. The van der Waals surface area contributed by atoms with Crippen molar-refractivity contribution in [2.75, 3.05) is 38.3 Å². The smallest absolute Gasteiger partial charge is 0.186 e. The Balaban J connectivity index is 1.39. The van der Waals surface area contributed by atoms with E-state index in [1.807, 2.05) is 12.1 Å². The van der Waals surface area contributed by atoms with Crippen LogP contribution in [-0.2, 0) is 24.4 Å². The molecule has 2 aromatic heterocycles. The summed E-state index contributed by atoms with van der Waals surface area (Å²) in [5.74, 6) is 0.869. The molecule has 0 unspecified atom stereocenters. The number of fused-ring (bicyclic) bond motifs is 1. The van der Waals surface area contributed by atoms with Gasteiger partial charge in [-0.25, -0.2) is 9.97 Å². The fraction of sp³-hybridized carbons (Fsp3) is 0.333. The van der Waals surface area contributed by atoms with Crippen LogP contribution < -0.4 is 9.64 Å². The number of morpholine rings is 1. The van der Waals surface area contributed by atoms with Crippen LogP contribution in [0, 0.1) is 0 Å². The molecule has 0 radical (unpaired) electrons. The Morgan fingerprint density at radius 3 is 2.81 bits per heavy atom. The first-order chi connectivity index (χ1) is 15.8. The topological polar surface area (TPSA) is 66.5 Å². The zero-order chi connectivity index (χ0) is 21.8. The molecule has 1 N–H and O–H groups in total. The van der Waals surface area contributed by atoms with Crippen molar-refractivity contribution in [1.82, 2.24) is 19.9 Å². The first kappa shape index (κ1) is 20.9. The molecule has 1 fully saturated rings. The predicted molar refractivity (Wildman–Crippen MR) is 127 cm³/mol. The number of thiazole rings is 1. The average Bonchev–Trinajstić information content (AvgIpc) is 3.49. The van der Waals surface area contributed by atoms with E-state index < -0.39 is 0 Å². The number of aromatic amines is 1. The summed E-state index contributed by atoms with van der Waals surface area (Å²) in [5.41, 5.74) is 5.56. The molecule has 0 amide bonds. The molecular weight excluding hydrogens is 422 g/mol. The quantitative estimate of drug-likeness (QED) is 0.438. The first-order valence-corrected chi connectivity index (χ1v) is 11.7. The Labute approximate surface area is 191 Å². The van der Waals surface area contributed by atoms with E-state index >= 15 is 0 Å². The number of hydrogen-bond acceptors (Lipinski definition) is 7. The van der Waals surface area contributed by atoms with Gasteiger partial charge >= 0.3 is 0 Å². The number of benzene rings is 2. The normalized spacial score (nSPS) is 14.7. The maximum Gasteiger partial charge on any atom is 0.186 e. The summed E-state index contributed by atoms with van der Waals surface area (Å²) >= 11 is 1.71. The van der Waals surface area contributed by atoms with Gasteiger partial charge < -0.3 is 19.4 Å². The highest BCUT2D eigenvalue weighted by atomic mass is 32.1. The van der Waals surface area contributed by atoms with E-state index in [1.54, 1.807) is 24.8 Å². The SMILES string of the molecule is COc1cccc(CN(Cc2ccc3nc[nH]c3c2)c2nc(CN3CCOCC3)cs2)c1. The zero-order valence-electron chi connectivity index (χ0n) is 18.2. The monoisotopic (exact) mass is 449 g/mol. The first-order valence-electron chi connectivity index (χ1n) is 10.8. The number of hydrogen-bond donors (Lipinski definition) is 1. The molecule has 4 aromatic rings. The van der Waals surface area contributed by atoms with Gasteiger partial charge in [0, 0.05) is 38.1 Å². The van der Waals surface area contributed by atoms with E-state index in [9.17, 15) is 0 Å². The molecule has 166 valence electrons. The highest BCUT2D eigenvalue weighted by Crippen LogP contribution is 2.27. The Bertz CT molecular complexity index is 1170. The number of anilines is 1. The number of H-pyrrole nitrogens is 1. The molecular formula is C24H27N5O2S. The molecule has 0 bridgehead atoms. The third kappa shape index (κ3) is 4.93. The minimum absolute atomic E-state index is 0.753. The van der Waals surface area contributed by atoms with Crippen LogP contribution in [0.5, 0.6) is 5.75 Å². The van der Waals surface area contributed by atoms with Crippen molar-refractivity contribution in [3.8, 4) is 5.75 Å². The zero-order valence-corrected chi connectivity index (χ0v) is 19.0. The Hall–Kier alpha value is -2.94. The van der Waals surface area contributed by atoms with Crippen molar-refractivity contribution in [2.24, 2.45) is 0 Å². The van der Waals surface area contributed by atoms with Crippen LogP contribution in [0.25, 0.3) is 11.0 Å². The fourth-order valence-corrected chi connectivity index (χ4v) is 4.80. The number of nitrogens with one attached hydrogen (secondary N) is 1. The lowest BCUT2D eigenvalue weighted by molar-refractivity contribution is 0.0337. The molecule has 1 aliphatic rings. The van der Waals surface area contributed by atoms with Crippen molar-refractivity contribution in [1.29, 1.82) is 0 Å². The van der Waals surface area contributed by atoms with Crippen molar-refractivity contribution >= 4 is 27.5 Å². The average molecular weight is 450 g/mol. The van der Waals surface area contributed by atoms with Crippen LogP contribution in [0.4, 0.5) is 5.13 Å². The molecule has 1 aliphatic heterocycles. The molecule has 1 saturated heterocycles. The van der Waals surface area contributed by atoms with Gasteiger partial charge in [-0.05, 0) is 35.4 Å². The molecule has 8 heteroatoms. The molecule has 2 aromatic carbocycles. The third-order valence-corrected chi connectivity index (χ3v) is 6.62. The van der Waals surface area contributed by atoms with Crippen LogP contribution in [0.1, 0.15) is 16.8 Å². The molecule has 5 rings (SSSR count). The molecule has 0 atom stereocenters. The van der Waals surface area contributed by atoms with Gasteiger partial charge in [-0.3, -0.25) is 4.90 Å². The van der Waals surface area contributed by atoms with Crippen LogP contribution in [0.15, 0.2) is 54.2 Å². The Morgan fingerprint density at radius 2 is 1.97 bits per heavy atom. The molecule has 0 saturated carbocycles. The second-order valence-corrected chi connectivity index (χ2v) is 8.81. The van der Waals surface area contributed by atoms with E-state index in [2.05, 4.69) is 55.5 Å². The summed E-state index contributed by atoms with van der Waals surface area (Å²) in [7, 11) is 1.70. The summed E-state index contributed by atoms with van der Waals surface area (Å²) in [6.07, 6.45) is 1.74. The Morgan fingerprint density at radius 1 is 1.12 bits per heavy atom. The molecule has 3 heterocycles. The van der Waals surface area contributed by atoms with Gasteiger partial charge in [0.15, 0.2) is 5.13 Å². The van der Waals surface area contributed by atoms with Crippen molar-refractivity contribution in [2.45, 2.75) is 19.6 Å². The van der Waals surface area contributed by atoms with E-state index in [0.717, 1.165) is 73.5 Å². The lowest BCUT2D eigenvalue weighted by Crippen LogP contribution is -2.35. The van der Waals surface area contributed by atoms with Gasteiger partial charge in [-0.1, -0.05) is 18.2 Å². The van der Waals surface area contributed by atoms with Crippen LogP contribution >= 0.6 is 11.3 Å². The van der Waals surface area contributed by atoms with E-state index in [-0.39, 0.29) is 0 Å². The van der Waals surface area contributed by atoms with Crippen LogP contribution in [-0.4, -0.2) is 53.3 Å². The van der Waals surface area contributed by atoms with Gasteiger partial charge in [0.2, 0.25) is 0 Å². The number of rotatable bonds is 8. The highest BCUT2D eigenvalue weighted by molar-refractivity contribution is 7.13. The number of ether oxygens (including phenoxy) is 2. The Kier molecular flexibility index (Phi) is 6.34. The van der Waals surface area contributed by atoms with Gasteiger partial charge in [-0.15, -0.1) is 11.3 Å². The molecule has 0 spiro atoms. The number of nitrogens with zero attached hydrogens (tertiary/aromatic N) is 4. The van der Waals surface area contributed by atoms with E-state index in [4.69, 9.17) is 14.5 Å². The highest BCUT2D eigenvalue weighted by Gasteiger charge is 2.17. The van der Waals surface area contributed by atoms with Crippen molar-refractivity contribution < 1.29 is 9.47 Å². The molecule has 7 nitrogen and oxygen atoms in total. The second-order valence-electron chi connectivity index (χ2n) is 7.97. The minimum Gasteiger partial charge on any atom is -0.497 e. The summed E-state index contributed by atoms with van der Waals surface area (Å²) in [5, 5.41) is 3.21. The standard InChI is InChI=1S/C24H27N5O2S/c1-30-21-4-2-3-18(11-21)13-29(14-19-5-6-22-23(12-19)26-17-25-22)24-27-20(16-32-24)15-28-7-9-31-10-8-28/h2-6,11-12,16-17H,7-10,13-15H2,1H3,(H,25,26). The van der Waals surface area contributed by atoms with Gasteiger partial charge in [0.1, 0.15) is 5.75 Å². The van der Waals surface area contributed by atoms with Crippen molar-refractivity contribution in [3.05, 3.63) is 71.0 Å². The van der Waals surface area contributed by atoms with Crippen LogP contribution in [0.3, 0.4) is 0 Å². The largest absolute Gasteiger partial charge is 0.497 e. The number of methoxy groups -OCH3 is 1. The lowest BCUT2D eigenvalue weighted by atomic mass is 10.1. The fourth-order valence-electron chi connectivity index (χ4n) is 3.99. The lowest BCUT2D eigenvalue weighted by Gasteiger charge is -2.25. The van der Waals surface area contributed by atoms with Crippen LogP contribution in [0.2, 0.25) is 0 Å². The summed E-state index contributed by atoms with van der Waals surface area (Å²) in [6, 6.07) is 14.6. The maximum absolute atomic E-state index is 5.47.